The molecular weight excluding hydrogens is 274 g/mol. The highest BCUT2D eigenvalue weighted by Gasteiger charge is 2.16. The molecule has 0 aromatic heterocycles. The van der Waals surface area contributed by atoms with E-state index in [1.807, 2.05) is 0 Å². The molecule has 2 N–H and O–H groups in total. The van der Waals surface area contributed by atoms with Crippen LogP contribution in [-0.2, 0) is 10.2 Å². The van der Waals surface area contributed by atoms with Crippen molar-refractivity contribution in [3.63, 3.8) is 0 Å². The quantitative estimate of drug-likeness (QED) is 0.505. The molecule has 0 heterocycles. The highest BCUT2D eigenvalue weighted by molar-refractivity contribution is 7.87. The first kappa shape index (κ1) is 17.9. The minimum Gasteiger partial charge on any atom is -0.313 e. The first-order valence-electron chi connectivity index (χ1n) is 8.00. The van der Waals surface area contributed by atoms with Crippen molar-refractivity contribution in [1.82, 2.24) is 14.3 Å². The van der Waals surface area contributed by atoms with Crippen LogP contribution in [0.25, 0.3) is 0 Å². The molecule has 120 valence electrons. The van der Waals surface area contributed by atoms with E-state index in [1.165, 1.54) is 42.8 Å². The largest absolute Gasteiger partial charge is 0.313 e. The Balaban J connectivity index is 2.18. The van der Waals surface area contributed by atoms with Gasteiger partial charge in [-0.3, -0.25) is 0 Å². The molecule has 6 heteroatoms. The van der Waals surface area contributed by atoms with Crippen molar-refractivity contribution in [2.24, 2.45) is 0 Å². The van der Waals surface area contributed by atoms with Gasteiger partial charge in [0, 0.05) is 32.7 Å². The lowest BCUT2D eigenvalue weighted by molar-refractivity contribution is 0.438. The number of unbranched alkanes of at least 4 members (excludes halogenated alkanes) is 1. The molecular formula is C14H31N3O2S. The molecule has 0 saturated heterocycles. The summed E-state index contributed by atoms with van der Waals surface area (Å²) in [6, 6.07) is 0.569. The summed E-state index contributed by atoms with van der Waals surface area (Å²) in [5, 5.41) is 3.47. The summed E-state index contributed by atoms with van der Waals surface area (Å²) in [6.07, 6.45) is 9.62. The lowest BCUT2D eigenvalue weighted by atomic mass is 10.1. The molecule has 0 aromatic carbocycles. The van der Waals surface area contributed by atoms with E-state index in [0.717, 1.165) is 12.8 Å². The second kappa shape index (κ2) is 9.71. The summed E-state index contributed by atoms with van der Waals surface area (Å²) in [7, 11) is -1.66. The van der Waals surface area contributed by atoms with Crippen LogP contribution in [0.3, 0.4) is 0 Å². The Bertz CT molecular complexity index is 338. The Morgan fingerprint density at radius 1 is 1.10 bits per heavy atom. The normalized spacial score (nSPS) is 18.4. The molecule has 0 bridgehead atoms. The van der Waals surface area contributed by atoms with Gasteiger partial charge in [0.05, 0.1) is 0 Å². The van der Waals surface area contributed by atoms with Gasteiger partial charge < -0.3 is 5.32 Å². The molecule has 0 unspecified atom stereocenters. The van der Waals surface area contributed by atoms with Crippen molar-refractivity contribution < 1.29 is 8.42 Å². The van der Waals surface area contributed by atoms with Gasteiger partial charge in [-0.05, 0) is 19.3 Å². The van der Waals surface area contributed by atoms with E-state index >= 15 is 0 Å². The average molecular weight is 305 g/mol. The third kappa shape index (κ3) is 7.02. The zero-order valence-corrected chi connectivity index (χ0v) is 13.8. The van der Waals surface area contributed by atoms with Crippen LogP contribution in [-0.4, -0.2) is 45.4 Å². The summed E-state index contributed by atoms with van der Waals surface area (Å²) < 4.78 is 27.9. The monoisotopic (exact) mass is 305 g/mol. The molecule has 0 spiro atoms. The Hall–Kier alpha value is -0.170. The third-order valence-electron chi connectivity index (χ3n) is 3.93. The van der Waals surface area contributed by atoms with E-state index < -0.39 is 10.2 Å². The fourth-order valence-corrected chi connectivity index (χ4v) is 3.50. The average Bonchev–Trinajstić information content (AvgIpc) is 2.69. The number of rotatable bonds is 9. The standard InChI is InChI=1S/C14H31N3O2S/c1-3-4-13-17(2)20(18,19)16-12-11-15-14-9-7-5-6-8-10-14/h14-16H,3-13H2,1-2H3. The van der Waals surface area contributed by atoms with Gasteiger partial charge in [-0.15, -0.1) is 0 Å². The van der Waals surface area contributed by atoms with Gasteiger partial charge in [0.2, 0.25) is 0 Å². The van der Waals surface area contributed by atoms with E-state index in [2.05, 4.69) is 17.0 Å². The van der Waals surface area contributed by atoms with Crippen LogP contribution in [0.1, 0.15) is 58.3 Å². The van der Waals surface area contributed by atoms with Crippen LogP contribution in [0, 0.1) is 0 Å². The van der Waals surface area contributed by atoms with E-state index in [4.69, 9.17) is 0 Å². The summed E-state index contributed by atoms with van der Waals surface area (Å²) in [5.74, 6) is 0. The van der Waals surface area contributed by atoms with E-state index in [0.29, 0.717) is 25.7 Å². The Labute approximate surface area is 124 Å². The van der Waals surface area contributed by atoms with Crippen molar-refractivity contribution in [1.29, 1.82) is 0 Å². The minimum atomic E-state index is -3.30. The molecule has 1 fully saturated rings. The van der Waals surface area contributed by atoms with E-state index in [9.17, 15) is 8.42 Å². The van der Waals surface area contributed by atoms with Crippen molar-refractivity contribution in [3.8, 4) is 0 Å². The van der Waals surface area contributed by atoms with Crippen LogP contribution >= 0.6 is 0 Å². The highest BCUT2D eigenvalue weighted by atomic mass is 32.2. The maximum atomic E-state index is 11.9. The predicted octanol–water partition coefficient (Wildman–Crippen LogP) is 1.87. The minimum absolute atomic E-state index is 0.468. The van der Waals surface area contributed by atoms with Gasteiger partial charge >= 0.3 is 0 Å². The van der Waals surface area contributed by atoms with Gasteiger partial charge in [-0.1, -0.05) is 39.0 Å². The summed E-state index contributed by atoms with van der Waals surface area (Å²) in [4.78, 5) is 0. The lowest BCUT2D eigenvalue weighted by Gasteiger charge is -2.19. The van der Waals surface area contributed by atoms with Crippen molar-refractivity contribution in [2.45, 2.75) is 64.3 Å². The van der Waals surface area contributed by atoms with E-state index in [-0.39, 0.29) is 0 Å². The predicted molar refractivity (Wildman–Crippen MR) is 84.0 cm³/mol. The molecule has 1 saturated carbocycles. The molecule has 20 heavy (non-hydrogen) atoms. The maximum Gasteiger partial charge on any atom is 0.279 e. The second-order valence-corrected chi connectivity index (χ2v) is 7.58. The summed E-state index contributed by atoms with van der Waals surface area (Å²) in [6.45, 7) is 3.83. The number of hydrogen-bond donors (Lipinski definition) is 2. The molecule has 5 nitrogen and oxygen atoms in total. The fraction of sp³-hybridized carbons (Fsp3) is 1.00. The topological polar surface area (TPSA) is 61.4 Å². The van der Waals surface area contributed by atoms with Gasteiger partial charge in [-0.2, -0.15) is 12.7 Å². The summed E-state index contributed by atoms with van der Waals surface area (Å²) >= 11 is 0. The maximum absolute atomic E-state index is 11.9. The number of hydrogen-bond acceptors (Lipinski definition) is 3. The Morgan fingerprint density at radius 2 is 1.75 bits per heavy atom. The Kier molecular flexibility index (Phi) is 8.68. The van der Waals surface area contributed by atoms with Crippen molar-refractivity contribution >= 4 is 10.2 Å². The van der Waals surface area contributed by atoms with Crippen molar-refractivity contribution in [3.05, 3.63) is 0 Å². The van der Waals surface area contributed by atoms with Crippen LogP contribution in [0.4, 0.5) is 0 Å². The second-order valence-electron chi connectivity index (χ2n) is 5.72. The molecule has 1 aliphatic rings. The van der Waals surface area contributed by atoms with Crippen LogP contribution in [0.15, 0.2) is 0 Å². The highest BCUT2D eigenvalue weighted by Crippen LogP contribution is 2.16. The molecule has 1 rings (SSSR count). The smallest absolute Gasteiger partial charge is 0.279 e. The molecule has 0 atom stereocenters. The molecule has 0 aliphatic heterocycles. The fourth-order valence-electron chi connectivity index (χ4n) is 2.55. The lowest BCUT2D eigenvalue weighted by Crippen LogP contribution is -2.42. The zero-order valence-electron chi connectivity index (χ0n) is 13.0. The Morgan fingerprint density at radius 3 is 2.35 bits per heavy atom. The third-order valence-corrected chi connectivity index (χ3v) is 5.51. The van der Waals surface area contributed by atoms with E-state index in [1.54, 1.807) is 7.05 Å². The first-order chi connectivity index (χ1) is 9.56. The van der Waals surface area contributed by atoms with Gasteiger partial charge in [-0.25, -0.2) is 4.72 Å². The van der Waals surface area contributed by atoms with Gasteiger partial charge in [0.15, 0.2) is 0 Å². The zero-order chi connectivity index (χ0) is 14.8. The van der Waals surface area contributed by atoms with Crippen LogP contribution in [0.2, 0.25) is 0 Å². The SMILES string of the molecule is CCCCN(C)S(=O)(=O)NCCNC1CCCCCC1. The number of nitrogens with one attached hydrogen (secondary N) is 2. The van der Waals surface area contributed by atoms with Crippen LogP contribution < -0.4 is 10.0 Å². The molecule has 0 amide bonds. The first-order valence-corrected chi connectivity index (χ1v) is 9.44. The van der Waals surface area contributed by atoms with Crippen molar-refractivity contribution in [2.75, 3.05) is 26.7 Å². The molecule has 0 aromatic rings. The molecule has 1 aliphatic carbocycles. The molecule has 0 radical (unpaired) electrons. The van der Waals surface area contributed by atoms with Gasteiger partial charge in [0.25, 0.3) is 10.2 Å². The van der Waals surface area contributed by atoms with Crippen LogP contribution in [0.5, 0.6) is 0 Å². The summed E-state index contributed by atoms with van der Waals surface area (Å²) in [5.41, 5.74) is 0. The number of nitrogens with zero attached hydrogens (tertiary/aromatic N) is 1. The van der Waals surface area contributed by atoms with Gasteiger partial charge in [0.1, 0.15) is 0 Å².